The Morgan fingerprint density at radius 2 is 0.846 bits per heavy atom. The fourth-order valence-electron chi connectivity index (χ4n) is 12.8. The summed E-state index contributed by atoms with van der Waals surface area (Å²) >= 11 is 8.77. The van der Waals surface area contributed by atoms with Crippen molar-refractivity contribution < 1.29 is 59.2 Å². The summed E-state index contributed by atoms with van der Waals surface area (Å²) in [6, 6.07) is 24.9. The number of rotatable bonds is 16. The van der Waals surface area contributed by atoms with E-state index in [4.69, 9.17) is 28.4 Å². The van der Waals surface area contributed by atoms with Gasteiger partial charge in [0.2, 0.25) is 0 Å². The molecule has 4 aromatic rings. The molecule has 4 aromatic carbocycles. The van der Waals surface area contributed by atoms with Crippen LogP contribution in [0.4, 0.5) is 0 Å². The number of hydrogen-bond donors (Lipinski definition) is 0. The van der Waals surface area contributed by atoms with Crippen LogP contribution in [0.15, 0.2) is 72.8 Å². The van der Waals surface area contributed by atoms with Crippen molar-refractivity contribution in [1.29, 1.82) is 0 Å². The Kier molecular flexibility index (Phi) is 14.4. The zero-order valence-electron chi connectivity index (χ0n) is 36.6. The molecule has 0 saturated heterocycles. The van der Waals surface area contributed by atoms with Crippen molar-refractivity contribution in [3.63, 3.8) is 0 Å². The predicted octanol–water partition coefficient (Wildman–Crippen LogP) is 9.66. The van der Waals surface area contributed by atoms with E-state index >= 15 is 0 Å². The SMILES string of the molecule is CC1(OC(=O)COc2c(I)cc(I)cc2COc2ccc([I-]c3ccc(OCc4cc(I)cc(I)c4OCC(=O)OC4(C)C5CC6CC(C5)CC4C6)cc3)cc2)C2CC3CC(C2)CC1C3. The Balaban J connectivity index is 0.702. The second-order valence-corrected chi connectivity index (χ2v) is 27.7. The Morgan fingerprint density at radius 1 is 0.508 bits per heavy atom. The van der Waals surface area contributed by atoms with Crippen molar-refractivity contribution in [2.24, 2.45) is 47.3 Å². The van der Waals surface area contributed by atoms with Gasteiger partial charge in [0.1, 0.15) is 11.2 Å². The first-order valence-electron chi connectivity index (χ1n) is 23.0. The molecule has 0 aromatic heterocycles. The van der Waals surface area contributed by atoms with Crippen LogP contribution in [0.2, 0.25) is 0 Å². The van der Waals surface area contributed by atoms with Gasteiger partial charge in [0.25, 0.3) is 0 Å². The first kappa shape index (κ1) is 47.4. The summed E-state index contributed by atoms with van der Waals surface area (Å²) in [5.41, 5.74) is 1.05. The molecule has 346 valence electrons. The molecule has 8 aliphatic rings. The van der Waals surface area contributed by atoms with Gasteiger partial charge in [-0.05, 0) is 125 Å². The minimum atomic E-state index is -0.429. The molecule has 0 N–H and O–H groups in total. The van der Waals surface area contributed by atoms with Crippen molar-refractivity contribution in [2.45, 2.75) is 102 Å². The predicted molar refractivity (Wildman–Crippen MR) is 277 cm³/mol. The quantitative estimate of drug-likeness (QED) is 0.0811. The summed E-state index contributed by atoms with van der Waals surface area (Å²) in [5.74, 6) is 7.49. The van der Waals surface area contributed by atoms with Gasteiger partial charge >= 0.3 is 316 Å². The molecule has 0 radical (unpaired) electrons. The van der Waals surface area contributed by atoms with E-state index in [2.05, 4.69) is 153 Å². The molecule has 0 aliphatic heterocycles. The van der Waals surface area contributed by atoms with Gasteiger partial charge in [0.05, 0.1) is 0 Å². The van der Waals surface area contributed by atoms with E-state index in [1.807, 2.05) is 24.3 Å². The third-order valence-corrected chi connectivity index (χ3v) is 21.2. The molecule has 8 nitrogen and oxygen atoms in total. The molecule has 0 amide bonds. The van der Waals surface area contributed by atoms with Gasteiger partial charge in [-0.15, -0.1) is 0 Å². The van der Waals surface area contributed by atoms with Crippen LogP contribution in [-0.4, -0.2) is 36.4 Å². The van der Waals surface area contributed by atoms with Crippen molar-refractivity contribution in [3.05, 3.63) is 105 Å². The van der Waals surface area contributed by atoms with Crippen LogP contribution in [0.1, 0.15) is 89.2 Å². The van der Waals surface area contributed by atoms with Crippen molar-refractivity contribution in [2.75, 3.05) is 13.2 Å². The van der Waals surface area contributed by atoms with Gasteiger partial charge < -0.3 is 0 Å². The summed E-state index contributed by atoms with van der Waals surface area (Å²) in [6.45, 7) is 4.77. The number of hydrogen-bond acceptors (Lipinski definition) is 8. The van der Waals surface area contributed by atoms with Crippen molar-refractivity contribution in [3.8, 4) is 23.0 Å². The molecule has 8 saturated carbocycles. The zero-order valence-corrected chi connectivity index (χ0v) is 47.4. The molecule has 12 rings (SSSR count). The van der Waals surface area contributed by atoms with Crippen LogP contribution < -0.4 is 40.2 Å². The first-order chi connectivity index (χ1) is 31.3. The summed E-state index contributed by atoms with van der Waals surface area (Å²) in [7, 11) is 0. The van der Waals surface area contributed by atoms with Gasteiger partial charge in [0.15, 0.2) is 0 Å². The third-order valence-electron chi connectivity index (χ3n) is 15.7. The van der Waals surface area contributed by atoms with Gasteiger partial charge in [-0.1, -0.05) is 0 Å². The average Bonchev–Trinajstić information content (AvgIpc) is 3.26. The van der Waals surface area contributed by atoms with E-state index in [-0.39, 0.29) is 36.4 Å². The van der Waals surface area contributed by atoms with Crippen molar-refractivity contribution >= 4 is 102 Å². The monoisotopic (exact) mass is 1440 g/mol. The largest absolute Gasteiger partial charge is 0.0475 e. The fraction of sp³-hybridized carbons (Fsp3) is 0.500. The summed E-state index contributed by atoms with van der Waals surface area (Å²) in [6.07, 6.45) is 12.3. The number of benzene rings is 4. The average molecular weight is 1440 g/mol. The number of ether oxygens (including phenoxy) is 6. The van der Waals surface area contributed by atoms with Crippen LogP contribution in [0, 0.1) is 68.8 Å². The molecule has 0 spiro atoms. The van der Waals surface area contributed by atoms with Crippen LogP contribution in [0.3, 0.4) is 0 Å². The maximum atomic E-state index is 13.3. The van der Waals surface area contributed by atoms with Gasteiger partial charge in [-0.3, -0.25) is 0 Å². The van der Waals surface area contributed by atoms with Gasteiger partial charge in [0, 0.05) is 0 Å². The zero-order chi connectivity index (χ0) is 45.0. The Labute approximate surface area is 447 Å². The molecular weight excluding hydrogens is 1390 g/mol. The van der Waals surface area contributed by atoms with E-state index in [9.17, 15) is 9.59 Å². The number of carbonyl (C=O) groups excluding carboxylic acids is 2. The van der Waals surface area contributed by atoms with Crippen LogP contribution in [-0.2, 0) is 32.3 Å². The second-order valence-electron chi connectivity index (χ2n) is 19.8. The number of halogens is 5. The summed E-state index contributed by atoms with van der Waals surface area (Å²) in [4.78, 5) is 26.6. The molecule has 65 heavy (non-hydrogen) atoms. The topological polar surface area (TPSA) is 89.5 Å². The molecular formula is C52H54I5O8-. The second kappa shape index (κ2) is 19.8. The number of carbonyl (C=O) groups is 2. The van der Waals surface area contributed by atoms with E-state index in [0.29, 0.717) is 48.4 Å². The maximum Gasteiger partial charge on any atom is -0.000697 e. The smallest absolute Gasteiger partial charge is 0.000697 e. The minimum absolute atomic E-state index is 0.112. The first-order valence-corrected chi connectivity index (χ1v) is 29.5. The van der Waals surface area contributed by atoms with E-state index in [1.54, 1.807) is 0 Å². The van der Waals surface area contributed by atoms with Crippen molar-refractivity contribution in [1.82, 2.24) is 0 Å². The number of esters is 2. The normalized spacial score (nSPS) is 30.3. The van der Waals surface area contributed by atoms with E-state index in [0.717, 1.165) is 60.6 Å². The standard InChI is InChI=1S/C52H54I5O8/c1-51(35-13-29-11-30(15-35)16-36(51)14-29)64-47(58)27-62-49-33(21-39(53)23-45(49)55)25-60-43-7-3-41(4-8-43)57-42-5-9-44(10-6-42)61-26-34-22-40(54)24-46(56)50(34)63-28-48(59)65-52(2)37-17-31-12-32(19-37)20-38(52)18-31/h3-10,21-24,29-32,35-38H,11-20,25-28H2,1-2H3/q-1. The Morgan fingerprint density at radius 3 is 1.18 bits per heavy atom. The molecule has 0 heterocycles. The van der Waals surface area contributed by atoms with Crippen LogP contribution in [0.5, 0.6) is 23.0 Å². The molecule has 8 bridgehead atoms. The molecule has 8 fully saturated rings. The molecule has 0 unspecified atom stereocenters. The Hall–Kier alpha value is -1.33. The molecule has 8 aliphatic carbocycles. The fourth-order valence-corrected chi connectivity index (χ4v) is 19.2. The van der Waals surface area contributed by atoms with Gasteiger partial charge in [-0.25, -0.2) is 0 Å². The summed E-state index contributed by atoms with van der Waals surface area (Å²) in [5, 5.41) is 0. The molecule has 13 heteroatoms. The van der Waals surface area contributed by atoms with Crippen LogP contribution in [0.25, 0.3) is 0 Å². The Bertz CT molecular complexity index is 2200. The third kappa shape index (κ3) is 10.4. The maximum absolute atomic E-state index is 13.3. The molecule has 0 atom stereocenters. The van der Waals surface area contributed by atoms with E-state index < -0.39 is 21.2 Å². The minimum Gasteiger partial charge on any atom is -0.0475 e. The summed E-state index contributed by atoms with van der Waals surface area (Å²) < 4.78 is 44.2. The van der Waals surface area contributed by atoms with Crippen LogP contribution >= 0.6 is 90.4 Å². The van der Waals surface area contributed by atoms with Gasteiger partial charge in [-0.2, -0.15) is 0 Å². The van der Waals surface area contributed by atoms with E-state index in [1.165, 1.54) is 71.3 Å².